The van der Waals surface area contributed by atoms with E-state index in [0.717, 1.165) is 17.1 Å². The van der Waals surface area contributed by atoms with Crippen molar-refractivity contribution >= 4 is 0 Å². The lowest BCUT2D eigenvalue weighted by Gasteiger charge is -2.07. The van der Waals surface area contributed by atoms with Crippen molar-refractivity contribution in [3.05, 3.63) is 54.1 Å². The SMILES string of the molecule is CC(C)c1cccc(-n2cc(COc3cnn(C)c3)nn2)c1. The third-order valence-corrected chi connectivity index (χ3v) is 3.41. The van der Waals surface area contributed by atoms with Gasteiger partial charge in [-0.25, -0.2) is 4.68 Å². The molecule has 2 aromatic heterocycles. The first-order valence-corrected chi connectivity index (χ1v) is 7.25. The van der Waals surface area contributed by atoms with Crippen molar-refractivity contribution in [1.82, 2.24) is 24.8 Å². The van der Waals surface area contributed by atoms with E-state index in [-0.39, 0.29) is 0 Å². The molecular weight excluding hydrogens is 278 g/mol. The van der Waals surface area contributed by atoms with Crippen LogP contribution in [0.1, 0.15) is 31.0 Å². The zero-order valence-electron chi connectivity index (χ0n) is 13.0. The summed E-state index contributed by atoms with van der Waals surface area (Å²) in [6, 6.07) is 8.31. The van der Waals surface area contributed by atoms with Crippen molar-refractivity contribution in [2.45, 2.75) is 26.4 Å². The lowest BCUT2D eigenvalue weighted by atomic mass is 10.0. The first-order chi connectivity index (χ1) is 10.6. The molecule has 6 nitrogen and oxygen atoms in total. The van der Waals surface area contributed by atoms with E-state index in [9.17, 15) is 0 Å². The molecule has 3 rings (SSSR count). The monoisotopic (exact) mass is 297 g/mol. The van der Waals surface area contributed by atoms with E-state index in [2.05, 4.69) is 41.4 Å². The number of hydrogen-bond acceptors (Lipinski definition) is 4. The van der Waals surface area contributed by atoms with Gasteiger partial charge in [-0.05, 0) is 23.6 Å². The van der Waals surface area contributed by atoms with E-state index in [1.807, 2.05) is 31.6 Å². The largest absolute Gasteiger partial charge is 0.484 e. The maximum atomic E-state index is 5.62. The molecule has 2 heterocycles. The van der Waals surface area contributed by atoms with E-state index in [1.54, 1.807) is 15.6 Å². The minimum absolute atomic E-state index is 0.371. The van der Waals surface area contributed by atoms with Gasteiger partial charge in [0.1, 0.15) is 12.3 Å². The van der Waals surface area contributed by atoms with Crippen LogP contribution in [0.4, 0.5) is 0 Å². The molecule has 1 aromatic carbocycles. The molecular formula is C16H19N5O. The minimum Gasteiger partial charge on any atom is -0.484 e. The third kappa shape index (κ3) is 3.16. The van der Waals surface area contributed by atoms with Gasteiger partial charge < -0.3 is 4.74 Å². The molecule has 114 valence electrons. The number of ether oxygens (including phenoxy) is 1. The Morgan fingerprint density at radius 2 is 2.09 bits per heavy atom. The van der Waals surface area contributed by atoms with Crippen molar-refractivity contribution in [1.29, 1.82) is 0 Å². The summed E-state index contributed by atoms with van der Waals surface area (Å²) in [6.45, 7) is 4.72. The van der Waals surface area contributed by atoms with Crippen LogP contribution in [-0.4, -0.2) is 24.8 Å². The van der Waals surface area contributed by atoms with Gasteiger partial charge in [-0.15, -0.1) is 5.10 Å². The molecule has 0 bridgehead atoms. The highest BCUT2D eigenvalue weighted by molar-refractivity contribution is 5.36. The van der Waals surface area contributed by atoms with Gasteiger partial charge in [0.15, 0.2) is 5.75 Å². The summed E-state index contributed by atoms with van der Waals surface area (Å²) in [5.74, 6) is 1.20. The van der Waals surface area contributed by atoms with Crippen molar-refractivity contribution in [2.24, 2.45) is 7.05 Å². The zero-order valence-corrected chi connectivity index (χ0v) is 13.0. The fourth-order valence-electron chi connectivity index (χ4n) is 2.15. The van der Waals surface area contributed by atoms with Crippen LogP contribution in [-0.2, 0) is 13.7 Å². The first-order valence-electron chi connectivity index (χ1n) is 7.25. The van der Waals surface area contributed by atoms with Crippen molar-refractivity contribution < 1.29 is 4.74 Å². The molecule has 0 N–H and O–H groups in total. The van der Waals surface area contributed by atoms with Crippen LogP contribution >= 0.6 is 0 Å². The molecule has 0 saturated carbocycles. The molecule has 0 amide bonds. The molecule has 0 aliphatic carbocycles. The molecule has 0 aliphatic rings. The van der Waals surface area contributed by atoms with E-state index >= 15 is 0 Å². The van der Waals surface area contributed by atoms with E-state index in [0.29, 0.717) is 12.5 Å². The average molecular weight is 297 g/mol. The zero-order chi connectivity index (χ0) is 15.5. The van der Waals surface area contributed by atoms with Crippen LogP contribution in [0.3, 0.4) is 0 Å². The second kappa shape index (κ2) is 6.01. The number of nitrogens with zero attached hydrogens (tertiary/aromatic N) is 5. The van der Waals surface area contributed by atoms with Crippen molar-refractivity contribution in [3.8, 4) is 11.4 Å². The molecule has 0 saturated heterocycles. The van der Waals surface area contributed by atoms with Crippen LogP contribution < -0.4 is 4.74 Å². The number of hydrogen-bond donors (Lipinski definition) is 0. The van der Waals surface area contributed by atoms with Crippen molar-refractivity contribution in [3.63, 3.8) is 0 Å². The van der Waals surface area contributed by atoms with Crippen LogP contribution in [0, 0.1) is 0 Å². The molecule has 22 heavy (non-hydrogen) atoms. The van der Waals surface area contributed by atoms with Crippen LogP contribution in [0.15, 0.2) is 42.9 Å². The van der Waals surface area contributed by atoms with Crippen LogP contribution in [0.2, 0.25) is 0 Å². The van der Waals surface area contributed by atoms with Crippen LogP contribution in [0.25, 0.3) is 5.69 Å². The Bertz CT molecular complexity index is 759. The molecule has 0 spiro atoms. The Morgan fingerprint density at radius 1 is 1.23 bits per heavy atom. The quantitative estimate of drug-likeness (QED) is 0.726. The van der Waals surface area contributed by atoms with Crippen molar-refractivity contribution in [2.75, 3.05) is 0 Å². The summed E-state index contributed by atoms with van der Waals surface area (Å²) in [7, 11) is 1.85. The lowest BCUT2D eigenvalue weighted by Crippen LogP contribution is -1.97. The average Bonchev–Trinajstić information content (AvgIpc) is 3.14. The first kappa shape index (κ1) is 14.3. The van der Waals surface area contributed by atoms with E-state index in [4.69, 9.17) is 4.74 Å². The minimum atomic E-state index is 0.371. The number of aromatic nitrogens is 5. The van der Waals surface area contributed by atoms with Gasteiger partial charge in [-0.2, -0.15) is 5.10 Å². The smallest absolute Gasteiger partial charge is 0.157 e. The van der Waals surface area contributed by atoms with Gasteiger partial charge >= 0.3 is 0 Å². The van der Waals surface area contributed by atoms with E-state index in [1.165, 1.54) is 5.56 Å². The predicted octanol–water partition coefficient (Wildman–Crippen LogP) is 2.70. The summed E-state index contributed by atoms with van der Waals surface area (Å²) in [4.78, 5) is 0. The Labute approximate surface area is 129 Å². The summed E-state index contributed by atoms with van der Waals surface area (Å²) in [5, 5.41) is 12.4. The second-order valence-electron chi connectivity index (χ2n) is 5.54. The van der Waals surface area contributed by atoms with E-state index < -0.39 is 0 Å². The third-order valence-electron chi connectivity index (χ3n) is 3.41. The summed E-state index contributed by atoms with van der Waals surface area (Å²) < 4.78 is 9.09. The Hall–Kier alpha value is -2.63. The molecule has 0 radical (unpaired) electrons. The normalized spacial score (nSPS) is 11.1. The topological polar surface area (TPSA) is 57.8 Å². The van der Waals surface area contributed by atoms with Gasteiger partial charge in [0.2, 0.25) is 0 Å². The Kier molecular flexibility index (Phi) is 3.91. The maximum absolute atomic E-state index is 5.62. The number of benzene rings is 1. The fourth-order valence-corrected chi connectivity index (χ4v) is 2.15. The number of rotatable bonds is 5. The summed E-state index contributed by atoms with van der Waals surface area (Å²) >= 11 is 0. The van der Waals surface area contributed by atoms with Gasteiger partial charge in [0.05, 0.1) is 24.3 Å². The Balaban J connectivity index is 1.72. The van der Waals surface area contributed by atoms with Gasteiger partial charge in [-0.1, -0.05) is 31.2 Å². The molecule has 0 aliphatic heterocycles. The number of aryl methyl sites for hydroxylation is 1. The highest BCUT2D eigenvalue weighted by Crippen LogP contribution is 2.18. The summed E-state index contributed by atoms with van der Waals surface area (Å²) in [6.07, 6.45) is 5.38. The van der Waals surface area contributed by atoms with Gasteiger partial charge in [0.25, 0.3) is 0 Å². The van der Waals surface area contributed by atoms with Crippen LogP contribution in [0.5, 0.6) is 5.75 Å². The Morgan fingerprint density at radius 3 is 2.82 bits per heavy atom. The molecule has 0 unspecified atom stereocenters. The highest BCUT2D eigenvalue weighted by atomic mass is 16.5. The van der Waals surface area contributed by atoms with Gasteiger partial charge in [0, 0.05) is 7.05 Å². The maximum Gasteiger partial charge on any atom is 0.157 e. The lowest BCUT2D eigenvalue weighted by molar-refractivity contribution is 0.301. The molecule has 0 fully saturated rings. The summed E-state index contributed by atoms with van der Waals surface area (Å²) in [5.41, 5.74) is 3.06. The predicted molar refractivity (Wildman–Crippen MR) is 83.0 cm³/mol. The molecule has 0 atom stereocenters. The fraction of sp³-hybridized carbons (Fsp3) is 0.312. The molecule has 3 aromatic rings. The second-order valence-corrected chi connectivity index (χ2v) is 5.54. The van der Waals surface area contributed by atoms with Gasteiger partial charge in [-0.3, -0.25) is 4.68 Å². The highest BCUT2D eigenvalue weighted by Gasteiger charge is 2.06. The molecule has 6 heteroatoms. The standard InChI is InChI=1S/C16H19N5O/c1-12(2)13-5-4-6-15(7-13)21-9-14(18-19-21)11-22-16-8-17-20(3)10-16/h4-10,12H,11H2,1-3H3.